The number of ether oxygens (including phenoxy) is 1. The molecule has 1 aromatic heterocycles. The Balaban J connectivity index is 2.87. The van der Waals surface area contributed by atoms with Gasteiger partial charge in [0.2, 0.25) is 0 Å². The lowest BCUT2D eigenvalue weighted by Crippen LogP contribution is -2.28. The van der Waals surface area contributed by atoms with E-state index in [0.29, 0.717) is 12.1 Å². The summed E-state index contributed by atoms with van der Waals surface area (Å²) in [5.74, 6) is -1.39. The average Bonchev–Trinajstić information content (AvgIpc) is 2.35. The van der Waals surface area contributed by atoms with Crippen LogP contribution in [0, 0.1) is 5.41 Å². The predicted octanol–water partition coefficient (Wildman–Crippen LogP) is 2.56. The highest BCUT2D eigenvalue weighted by Crippen LogP contribution is 2.24. The molecule has 0 saturated heterocycles. The van der Waals surface area contributed by atoms with Crippen LogP contribution in [0.5, 0.6) is 0 Å². The average molecular weight is 294 g/mol. The molecule has 1 rings (SSSR count). The Kier molecular flexibility index (Phi) is 5.69. The first kappa shape index (κ1) is 16.9. The molecule has 1 unspecified atom stereocenters. The lowest BCUT2D eigenvalue weighted by Gasteiger charge is -2.26. The predicted molar refractivity (Wildman–Crippen MR) is 79.3 cm³/mol. The third kappa shape index (κ3) is 6.25. The third-order valence-electron chi connectivity index (χ3n) is 2.81. The van der Waals surface area contributed by atoms with Gasteiger partial charge in [0, 0.05) is 17.9 Å². The van der Waals surface area contributed by atoms with Gasteiger partial charge in [-0.1, -0.05) is 20.8 Å². The molecule has 6 nitrogen and oxygen atoms in total. The fourth-order valence-electron chi connectivity index (χ4n) is 2.10. The van der Waals surface area contributed by atoms with Crippen molar-refractivity contribution in [2.75, 3.05) is 12.4 Å². The quantitative estimate of drug-likeness (QED) is 0.784. The van der Waals surface area contributed by atoms with Crippen molar-refractivity contribution in [3.63, 3.8) is 0 Å². The zero-order valence-electron chi connectivity index (χ0n) is 12.8. The number of rotatable bonds is 6. The molecule has 0 aromatic carbocycles. The SMILES string of the molecule is COC(=O)c1cc(NC(CC(=O)O)CC(C)(C)C)ccn1. The van der Waals surface area contributed by atoms with Gasteiger partial charge in [-0.05, 0) is 24.0 Å². The number of carboxylic acids is 1. The summed E-state index contributed by atoms with van der Waals surface area (Å²) in [6, 6.07) is 3.03. The van der Waals surface area contributed by atoms with Crippen molar-refractivity contribution in [1.82, 2.24) is 4.98 Å². The standard InChI is InChI=1S/C15H22N2O4/c1-15(2,3)9-11(8-13(18)19)17-10-5-6-16-12(7-10)14(20)21-4/h5-7,11H,8-9H2,1-4H3,(H,16,17)(H,18,19). The molecule has 116 valence electrons. The Morgan fingerprint density at radius 3 is 2.62 bits per heavy atom. The molecule has 1 aromatic rings. The van der Waals surface area contributed by atoms with Crippen LogP contribution in [0.3, 0.4) is 0 Å². The summed E-state index contributed by atoms with van der Waals surface area (Å²) in [4.78, 5) is 26.4. The van der Waals surface area contributed by atoms with Crippen molar-refractivity contribution in [2.24, 2.45) is 5.41 Å². The zero-order valence-corrected chi connectivity index (χ0v) is 12.8. The second kappa shape index (κ2) is 7.06. The van der Waals surface area contributed by atoms with Gasteiger partial charge in [0.05, 0.1) is 13.5 Å². The van der Waals surface area contributed by atoms with Crippen molar-refractivity contribution < 1.29 is 19.4 Å². The lowest BCUT2D eigenvalue weighted by molar-refractivity contribution is -0.137. The van der Waals surface area contributed by atoms with Crippen molar-refractivity contribution in [3.8, 4) is 0 Å². The van der Waals surface area contributed by atoms with E-state index in [9.17, 15) is 9.59 Å². The Morgan fingerprint density at radius 2 is 2.10 bits per heavy atom. The first-order valence-electron chi connectivity index (χ1n) is 6.74. The number of hydrogen-bond acceptors (Lipinski definition) is 5. The minimum Gasteiger partial charge on any atom is -0.481 e. The van der Waals surface area contributed by atoms with Gasteiger partial charge in [-0.2, -0.15) is 0 Å². The summed E-state index contributed by atoms with van der Waals surface area (Å²) in [7, 11) is 1.29. The molecule has 0 bridgehead atoms. The van der Waals surface area contributed by atoms with Crippen molar-refractivity contribution >= 4 is 17.6 Å². The van der Waals surface area contributed by atoms with Gasteiger partial charge in [0.15, 0.2) is 0 Å². The van der Waals surface area contributed by atoms with E-state index in [1.807, 2.05) is 0 Å². The lowest BCUT2D eigenvalue weighted by atomic mass is 9.87. The van der Waals surface area contributed by atoms with Crippen LogP contribution in [0.25, 0.3) is 0 Å². The van der Waals surface area contributed by atoms with Gasteiger partial charge in [-0.3, -0.25) is 4.79 Å². The number of carboxylic acid groups (broad SMARTS) is 1. The van der Waals surface area contributed by atoms with Crippen LogP contribution in [0.1, 0.15) is 44.1 Å². The van der Waals surface area contributed by atoms with E-state index in [1.165, 1.54) is 13.3 Å². The van der Waals surface area contributed by atoms with Crippen LogP contribution < -0.4 is 5.32 Å². The number of carbonyl (C=O) groups is 2. The molecule has 0 fully saturated rings. The fraction of sp³-hybridized carbons (Fsp3) is 0.533. The van der Waals surface area contributed by atoms with Crippen LogP contribution in [0.2, 0.25) is 0 Å². The molecular weight excluding hydrogens is 272 g/mol. The topological polar surface area (TPSA) is 88.5 Å². The second-order valence-electron chi connectivity index (χ2n) is 6.13. The number of methoxy groups -OCH3 is 1. The first-order valence-corrected chi connectivity index (χ1v) is 6.74. The Bertz CT molecular complexity index is 509. The minimum absolute atomic E-state index is 0.00709. The van der Waals surface area contributed by atoms with Crippen LogP contribution >= 0.6 is 0 Å². The fourth-order valence-corrected chi connectivity index (χ4v) is 2.10. The van der Waals surface area contributed by atoms with E-state index in [4.69, 9.17) is 5.11 Å². The number of nitrogens with zero attached hydrogens (tertiary/aromatic N) is 1. The smallest absolute Gasteiger partial charge is 0.356 e. The number of aliphatic carboxylic acids is 1. The second-order valence-corrected chi connectivity index (χ2v) is 6.13. The number of aromatic nitrogens is 1. The van der Waals surface area contributed by atoms with E-state index in [0.717, 1.165) is 0 Å². The molecule has 0 aliphatic rings. The van der Waals surface area contributed by atoms with Crippen molar-refractivity contribution in [1.29, 1.82) is 0 Å². The van der Waals surface area contributed by atoms with Crippen LogP contribution in [-0.2, 0) is 9.53 Å². The highest BCUT2D eigenvalue weighted by molar-refractivity contribution is 5.88. The Morgan fingerprint density at radius 1 is 1.43 bits per heavy atom. The molecule has 0 amide bonds. The van der Waals surface area contributed by atoms with E-state index in [1.54, 1.807) is 12.1 Å². The van der Waals surface area contributed by atoms with Gasteiger partial charge in [0.1, 0.15) is 5.69 Å². The zero-order chi connectivity index (χ0) is 16.0. The highest BCUT2D eigenvalue weighted by atomic mass is 16.5. The summed E-state index contributed by atoms with van der Waals surface area (Å²) in [5.41, 5.74) is 0.832. The van der Waals surface area contributed by atoms with E-state index in [-0.39, 0.29) is 23.6 Å². The molecule has 1 heterocycles. The molecule has 0 spiro atoms. The Labute approximate surface area is 124 Å². The molecule has 0 aliphatic heterocycles. The maximum Gasteiger partial charge on any atom is 0.356 e. The van der Waals surface area contributed by atoms with Gasteiger partial charge in [-0.25, -0.2) is 9.78 Å². The summed E-state index contributed by atoms with van der Waals surface area (Å²) >= 11 is 0. The maximum atomic E-state index is 11.5. The summed E-state index contributed by atoms with van der Waals surface area (Å²) in [6.07, 6.45) is 2.19. The van der Waals surface area contributed by atoms with Gasteiger partial charge in [-0.15, -0.1) is 0 Å². The highest BCUT2D eigenvalue weighted by Gasteiger charge is 2.21. The van der Waals surface area contributed by atoms with Crippen molar-refractivity contribution in [2.45, 2.75) is 39.7 Å². The first-order chi connectivity index (χ1) is 9.71. The molecule has 21 heavy (non-hydrogen) atoms. The van der Waals surface area contributed by atoms with Gasteiger partial charge < -0.3 is 15.2 Å². The normalized spacial score (nSPS) is 12.6. The van der Waals surface area contributed by atoms with Crippen LogP contribution in [0.15, 0.2) is 18.3 Å². The van der Waals surface area contributed by atoms with Crippen LogP contribution in [-0.4, -0.2) is 35.2 Å². The molecule has 6 heteroatoms. The Hall–Kier alpha value is -2.11. The van der Waals surface area contributed by atoms with Crippen LogP contribution in [0.4, 0.5) is 5.69 Å². The number of carbonyl (C=O) groups excluding carboxylic acids is 1. The number of nitrogens with one attached hydrogen (secondary N) is 1. The summed E-state index contributed by atoms with van der Waals surface area (Å²) in [5, 5.41) is 12.2. The molecule has 2 N–H and O–H groups in total. The maximum absolute atomic E-state index is 11.5. The molecule has 0 saturated carbocycles. The minimum atomic E-state index is -0.862. The third-order valence-corrected chi connectivity index (χ3v) is 2.81. The number of pyridine rings is 1. The van der Waals surface area contributed by atoms with E-state index >= 15 is 0 Å². The number of anilines is 1. The molecular formula is C15H22N2O4. The molecule has 0 radical (unpaired) electrons. The van der Waals surface area contributed by atoms with Gasteiger partial charge in [0.25, 0.3) is 0 Å². The van der Waals surface area contributed by atoms with E-state index < -0.39 is 11.9 Å². The monoisotopic (exact) mass is 294 g/mol. The van der Waals surface area contributed by atoms with Crippen molar-refractivity contribution in [3.05, 3.63) is 24.0 Å². The van der Waals surface area contributed by atoms with E-state index in [2.05, 4.69) is 35.8 Å². The largest absolute Gasteiger partial charge is 0.481 e. The summed E-state index contributed by atoms with van der Waals surface area (Å²) in [6.45, 7) is 6.15. The number of hydrogen-bond donors (Lipinski definition) is 2. The summed E-state index contributed by atoms with van der Waals surface area (Å²) < 4.78 is 4.62. The van der Waals surface area contributed by atoms with Gasteiger partial charge >= 0.3 is 11.9 Å². The molecule has 0 aliphatic carbocycles. The molecule has 1 atom stereocenters. The number of esters is 1.